The molecule has 0 aliphatic heterocycles. The van der Waals surface area contributed by atoms with Gasteiger partial charge in [0, 0.05) is 14.4 Å². The summed E-state index contributed by atoms with van der Waals surface area (Å²) in [7, 11) is 0.120. The largest absolute Gasteiger partial charge is 0.478 e. The Labute approximate surface area is 91.4 Å². The van der Waals surface area contributed by atoms with E-state index in [1.54, 1.807) is 0 Å². The van der Waals surface area contributed by atoms with Crippen LogP contribution in [0.15, 0.2) is 24.3 Å². The van der Waals surface area contributed by atoms with Crippen molar-refractivity contribution < 1.29 is 14.7 Å². The quantitative estimate of drug-likeness (QED) is 0.619. The molecule has 0 saturated heterocycles. The summed E-state index contributed by atoms with van der Waals surface area (Å²) in [5.41, 5.74) is 0.672. The summed E-state index contributed by atoms with van der Waals surface area (Å²) in [6.07, 6.45) is 0.672. The highest BCUT2D eigenvalue weighted by atomic mass is 28.3. The normalized spacial score (nSPS) is 9.07. The number of rotatable bonds is 2. The van der Waals surface area contributed by atoms with Gasteiger partial charge in [0.2, 0.25) is 0 Å². The maximum Gasteiger partial charge on any atom is 0.335 e. The lowest BCUT2D eigenvalue weighted by Gasteiger charge is -1.92. The minimum atomic E-state index is -0.984. The number of carboxylic acids is 1. The molecule has 15 heavy (non-hydrogen) atoms. The van der Waals surface area contributed by atoms with Gasteiger partial charge in [0.1, 0.15) is 6.29 Å². The average Bonchev–Trinajstić information content (AvgIpc) is 2.17. The molecule has 1 radical (unpaired) electrons. The highest BCUT2D eigenvalue weighted by Crippen LogP contribution is 2.01. The second-order valence-electron chi connectivity index (χ2n) is 3.55. The van der Waals surface area contributed by atoms with Crippen molar-refractivity contribution in [3.05, 3.63) is 35.4 Å². The zero-order valence-corrected chi connectivity index (χ0v) is 10.2. The molecule has 0 saturated carbocycles. The lowest BCUT2D eigenvalue weighted by atomic mass is 10.1. The molecule has 0 aliphatic carbocycles. The van der Waals surface area contributed by atoms with E-state index in [-0.39, 0.29) is 14.4 Å². The highest BCUT2D eigenvalue weighted by molar-refractivity contribution is 6.54. The number of hydrogen-bond donors (Lipinski definition) is 1. The molecule has 1 aromatic rings. The summed E-state index contributed by atoms with van der Waals surface area (Å²) in [4.78, 5) is 20.5. The Hall–Kier alpha value is -1.42. The summed E-state index contributed by atoms with van der Waals surface area (Å²) in [5.74, 6) is -0.984. The monoisotopic (exact) mass is 223 g/mol. The van der Waals surface area contributed by atoms with Crippen molar-refractivity contribution in [2.45, 2.75) is 19.6 Å². The van der Waals surface area contributed by atoms with Crippen molar-refractivity contribution in [1.82, 2.24) is 0 Å². The fraction of sp³-hybridized carbons (Fsp3) is 0.273. The third-order valence-electron chi connectivity index (χ3n) is 1.29. The summed E-state index contributed by atoms with van der Waals surface area (Å²) < 4.78 is 0. The molecular weight excluding hydrogens is 208 g/mol. The third kappa shape index (κ3) is 6.62. The Morgan fingerprint density at radius 2 is 1.60 bits per heavy atom. The second kappa shape index (κ2) is 6.95. The lowest BCUT2D eigenvalue weighted by molar-refractivity contribution is 0.0696. The van der Waals surface area contributed by atoms with Crippen LogP contribution in [-0.4, -0.2) is 26.2 Å². The molecule has 0 bridgehead atoms. The number of carbonyl (C=O) groups excluding carboxylic acids is 1. The first kappa shape index (κ1) is 13.6. The number of aromatic carboxylic acids is 1. The van der Waals surface area contributed by atoms with Gasteiger partial charge in [-0.25, -0.2) is 4.79 Å². The van der Waals surface area contributed by atoms with Crippen LogP contribution >= 0.6 is 0 Å². The molecule has 1 rings (SSSR count). The van der Waals surface area contributed by atoms with E-state index in [2.05, 4.69) is 19.6 Å². The first-order valence-corrected chi connectivity index (χ1v) is 7.52. The van der Waals surface area contributed by atoms with E-state index >= 15 is 0 Å². The molecule has 1 aromatic carbocycles. The maximum absolute atomic E-state index is 10.3. The minimum Gasteiger partial charge on any atom is -0.478 e. The maximum atomic E-state index is 10.3. The van der Waals surface area contributed by atoms with Gasteiger partial charge in [-0.05, 0) is 12.1 Å². The first-order valence-electron chi connectivity index (χ1n) is 4.52. The third-order valence-corrected chi connectivity index (χ3v) is 1.29. The fourth-order valence-corrected chi connectivity index (χ4v) is 0.704. The number of hydrogen-bond acceptors (Lipinski definition) is 2. The Morgan fingerprint density at radius 3 is 1.87 bits per heavy atom. The van der Waals surface area contributed by atoms with Crippen molar-refractivity contribution in [3.63, 3.8) is 0 Å². The van der Waals surface area contributed by atoms with Crippen LogP contribution in [0.5, 0.6) is 0 Å². The molecule has 81 valence electrons. The van der Waals surface area contributed by atoms with Crippen molar-refractivity contribution in [1.29, 1.82) is 0 Å². The van der Waals surface area contributed by atoms with Gasteiger partial charge in [-0.2, -0.15) is 0 Å². The van der Waals surface area contributed by atoms with Crippen LogP contribution < -0.4 is 0 Å². The van der Waals surface area contributed by atoms with Gasteiger partial charge in [0.25, 0.3) is 0 Å². The van der Waals surface area contributed by atoms with Gasteiger partial charge in [-0.15, -0.1) is 0 Å². The molecule has 0 aliphatic rings. The van der Waals surface area contributed by atoms with Crippen LogP contribution in [0.3, 0.4) is 0 Å². The molecule has 0 heterocycles. The van der Waals surface area contributed by atoms with Crippen LogP contribution in [-0.2, 0) is 0 Å². The van der Waals surface area contributed by atoms with E-state index in [9.17, 15) is 9.59 Å². The van der Waals surface area contributed by atoms with E-state index in [1.807, 2.05) is 0 Å². The summed E-state index contributed by atoms with van der Waals surface area (Å²) in [6.45, 7) is 6.81. The SMILES string of the molecule is C[Si](C)C.O=Cc1ccc(C(=O)O)cc1. The molecule has 0 spiro atoms. The van der Waals surface area contributed by atoms with E-state index in [4.69, 9.17) is 5.11 Å². The van der Waals surface area contributed by atoms with E-state index in [0.29, 0.717) is 11.8 Å². The van der Waals surface area contributed by atoms with Crippen LogP contribution in [0, 0.1) is 0 Å². The average molecular weight is 223 g/mol. The summed E-state index contributed by atoms with van der Waals surface area (Å²) in [5, 5.41) is 8.46. The van der Waals surface area contributed by atoms with Crippen LogP contribution in [0.25, 0.3) is 0 Å². The van der Waals surface area contributed by atoms with Crippen LogP contribution in [0.1, 0.15) is 20.7 Å². The number of aldehydes is 1. The molecule has 3 nitrogen and oxygen atoms in total. The first-order chi connectivity index (χ1) is 6.97. The van der Waals surface area contributed by atoms with Gasteiger partial charge in [-0.3, -0.25) is 4.79 Å². The van der Waals surface area contributed by atoms with Crippen molar-refractivity contribution >= 4 is 21.1 Å². The fourth-order valence-electron chi connectivity index (χ4n) is 0.704. The molecule has 0 fully saturated rings. The molecule has 0 aromatic heterocycles. The van der Waals surface area contributed by atoms with Crippen LogP contribution in [0.4, 0.5) is 0 Å². The minimum absolute atomic E-state index is 0.120. The topological polar surface area (TPSA) is 54.4 Å². The zero-order valence-electron chi connectivity index (χ0n) is 9.15. The highest BCUT2D eigenvalue weighted by Gasteiger charge is 1.99. The van der Waals surface area contributed by atoms with Gasteiger partial charge in [-0.1, -0.05) is 31.8 Å². The number of carbonyl (C=O) groups is 2. The van der Waals surface area contributed by atoms with Gasteiger partial charge < -0.3 is 5.11 Å². The predicted molar refractivity (Wildman–Crippen MR) is 62.1 cm³/mol. The Morgan fingerprint density at radius 1 is 1.20 bits per heavy atom. The van der Waals surface area contributed by atoms with Crippen molar-refractivity contribution in [3.8, 4) is 0 Å². The Balaban J connectivity index is 0.000000423. The molecular formula is C11H15O3Si. The van der Waals surface area contributed by atoms with Crippen molar-refractivity contribution in [2.75, 3.05) is 0 Å². The second-order valence-corrected chi connectivity index (χ2v) is 6.55. The van der Waals surface area contributed by atoms with E-state index in [1.165, 1.54) is 24.3 Å². The smallest absolute Gasteiger partial charge is 0.335 e. The Kier molecular flexibility index (Phi) is 6.29. The summed E-state index contributed by atoms with van der Waals surface area (Å²) >= 11 is 0. The lowest BCUT2D eigenvalue weighted by Crippen LogP contribution is -1.95. The standard InChI is InChI=1S/C8H6O3.C3H9Si/c9-5-6-1-3-7(4-2-6)8(10)11;1-4(2)3/h1-5H,(H,10,11);1-3H3. The molecule has 0 amide bonds. The zero-order chi connectivity index (χ0) is 11.8. The number of benzene rings is 1. The molecule has 0 unspecified atom stereocenters. The Bertz CT molecular complexity index is 314. The van der Waals surface area contributed by atoms with Gasteiger partial charge >= 0.3 is 5.97 Å². The van der Waals surface area contributed by atoms with Crippen molar-refractivity contribution in [2.24, 2.45) is 0 Å². The molecule has 4 heteroatoms. The summed E-state index contributed by atoms with van der Waals surface area (Å²) in [6, 6.07) is 5.73. The van der Waals surface area contributed by atoms with E-state index in [0.717, 1.165) is 0 Å². The molecule has 1 N–H and O–H groups in total. The van der Waals surface area contributed by atoms with Gasteiger partial charge in [0.15, 0.2) is 0 Å². The van der Waals surface area contributed by atoms with E-state index < -0.39 is 5.97 Å². The van der Waals surface area contributed by atoms with Crippen LogP contribution in [0.2, 0.25) is 19.6 Å². The molecule has 0 atom stereocenters. The van der Waals surface area contributed by atoms with Gasteiger partial charge in [0.05, 0.1) is 5.56 Å². The predicted octanol–water partition coefficient (Wildman–Crippen LogP) is 2.57. The number of carboxylic acid groups (broad SMARTS) is 1.